The minimum atomic E-state index is -0.429. The average molecular weight is 263 g/mol. The van der Waals surface area contributed by atoms with Crippen LogP contribution in [-0.2, 0) is 0 Å². The molecule has 0 fully saturated rings. The molecule has 5 heteroatoms. The number of oxazole rings is 1. The van der Waals surface area contributed by atoms with E-state index in [9.17, 15) is 4.39 Å². The van der Waals surface area contributed by atoms with Crippen molar-refractivity contribution in [1.29, 1.82) is 0 Å². The molecule has 1 aromatic heterocycles. The van der Waals surface area contributed by atoms with Crippen LogP contribution in [0.5, 0.6) is 0 Å². The largest absolute Gasteiger partial charge is 0.436 e. The first-order valence-electron chi connectivity index (χ1n) is 5.25. The van der Waals surface area contributed by atoms with Crippen molar-refractivity contribution in [3.8, 4) is 11.5 Å². The van der Waals surface area contributed by atoms with Gasteiger partial charge in [0.2, 0.25) is 5.89 Å². The van der Waals surface area contributed by atoms with Gasteiger partial charge in [-0.15, -0.1) is 0 Å². The summed E-state index contributed by atoms with van der Waals surface area (Å²) in [7, 11) is 0. The molecule has 0 spiro atoms. The van der Waals surface area contributed by atoms with Crippen molar-refractivity contribution in [3.05, 3.63) is 47.2 Å². The second-order valence-corrected chi connectivity index (χ2v) is 4.31. The van der Waals surface area contributed by atoms with Crippen molar-refractivity contribution in [2.75, 3.05) is 5.73 Å². The number of nitrogen functional groups attached to an aromatic ring is 1. The van der Waals surface area contributed by atoms with Gasteiger partial charge >= 0.3 is 0 Å². The maximum atomic E-state index is 13.7. The number of hydrogen-bond acceptors (Lipinski definition) is 3. The summed E-state index contributed by atoms with van der Waals surface area (Å²) in [6.07, 6.45) is 0. The molecule has 18 heavy (non-hydrogen) atoms. The molecule has 1 heterocycles. The molecule has 2 N–H and O–H groups in total. The summed E-state index contributed by atoms with van der Waals surface area (Å²) < 4.78 is 19.2. The summed E-state index contributed by atoms with van der Waals surface area (Å²) in [4.78, 5) is 4.21. The predicted octanol–water partition coefficient (Wildman–Crippen LogP) is 3.87. The minimum Gasteiger partial charge on any atom is -0.436 e. The van der Waals surface area contributed by atoms with Gasteiger partial charge in [-0.3, -0.25) is 0 Å². The van der Waals surface area contributed by atoms with Gasteiger partial charge in [-0.1, -0.05) is 11.6 Å². The smallest absolute Gasteiger partial charge is 0.230 e. The van der Waals surface area contributed by atoms with Gasteiger partial charge in [-0.2, -0.15) is 0 Å². The monoisotopic (exact) mass is 262 g/mol. The molecule has 0 unspecified atom stereocenters. The van der Waals surface area contributed by atoms with Crippen molar-refractivity contribution in [1.82, 2.24) is 4.98 Å². The van der Waals surface area contributed by atoms with Crippen LogP contribution in [0, 0.1) is 5.82 Å². The molecule has 3 aromatic rings. The molecule has 0 aliphatic rings. The fraction of sp³-hybridized carbons (Fsp3) is 0. The lowest BCUT2D eigenvalue weighted by molar-refractivity contribution is 0.594. The van der Waals surface area contributed by atoms with Crippen LogP contribution in [0.1, 0.15) is 0 Å². The molecular formula is C13H8ClFN2O. The van der Waals surface area contributed by atoms with E-state index < -0.39 is 5.82 Å². The summed E-state index contributed by atoms with van der Waals surface area (Å²) in [6.45, 7) is 0. The van der Waals surface area contributed by atoms with Gasteiger partial charge in [0.1, 0.15) is 11.3 Å². The zero-order valence-electron chi connectivity index (χ0n) is 9.15. The van der Waals surface area contributed by atoms with Crippen LogP contribution >= 0.6 is 11.6 Å². The maximum absolute atomic E-state index is 13.7. The quantitative estimate of drug-likeness (QED) is 0.677. The number of hydrogen-bond donors (Lipinski definition) is 1. The van der Waals surface area contributed by atoms with Crippen molar-refractivity contribution in [2.45, 2.75) is 0 Å². The van der Waals surface area contributed by atoms with Gasteiger partial charge in [-0.05, 0) is 30.3 Å². The molecule has 0 radical (unpaired) electrons. The number of aromatic nitrogens is 1. The number of fused-ring (bicyclic) bond motifs is 1. The topological polar surface area (TPSA) is 52.0 Å². The Morgan fingerprint density at radius 3 is 2.83 bits per heavy atom. The van der Waals surface area contributed by atoms with Gasteiger partial charge in [-0.25, -0.2) is 9.37 Å². The molecule has 0 atom stereocenters. The van der Waals surface area contributed by atoms with Crippen LogP contribution in [0.4, 0.5) is 10.1 Å². The highest BCUT2D eigenvalue weighted by Crippen LogP contribution is 2.29. The van der Waals surface area contributed by atoms with Crippen LogP contribution in [0.15, 0.2) is 40.8 Å². The molecular weight excluding hydrogens is 255 g/mol. The van der Waals surface area contributed by atoms with E-state index >= 15 is 0 Å². The molecule has 0 amide bonds. The van der Waals surface area contributed by atoms with E-state index in [2.05, 4.69) is 4.98 Å². The van der Waals surface area contributed by atoms with E-state index in [0.29, 0.717) is 21.8 Å². The Hall–Kier alpha value is -2.07. The number of benzene rings is 2. The highest BCUT2D eigenvalue weighted by Gasteiger charge is 2.13. The van der Waals surface area contributed by atoms with Gasteiger partial charge in [0.15, 0.2) is 5.58 Å². The lowest BCUT2D eigenvalue weighted by Gasteiger charge is -1.99. The molecule has 0 saturated heterocycles. The highest BCUT2D eigenvalue weighted by molar-refractivity contribution is 6.31. The summed E-state index contributed by atoms with van der Waals surface area (Å²) in [5, 5.41) is 0.540. The third kappa shape index (κ3) is 1.80. The number of anilines is 1. The van der Waals surface area contributed by atoms with Crippen LogP contribution in [0.2, 0.25) is 5.02 Å². The zero-order chi connectivity index (χ0) is 12.7. The minimum absolute atomic E-state index is 0.192. The highest BCUT2D eigenvalue weighted by atomic mass is 35.5. The normalized spacial score (nSPS) is 11.0. The third-order valence-corrected chi connectivity index (χ3v) is 2.81. The Labute approximate surface area is 107 Å². The molecule has 3 nitrogen and oxygen atoms in total. The zero-order valence-corrected chi connectivity index (χ0v) is 9.91. The first-order chi connectivity index (χ1) is 8.63. The Morgan fingerprint density at radius 2 is 2.00 bits per heavy atom. The van der Waals surface area contributed by atoms with Gasteiger partial charge in [0.05, 0.1) is 5.56 Å². The average Bonchev–Trinajstić information content (AvgIpc) is 2.74. The molecule has 90 valence electrons. The summed E-state index contributed by atoms with van der Waals surface area (Å²) in [5.41, 5.74) is 7.45. The fourth-order valence-electron chi connectivity index (χ4n) is 1.72. The van der Waals surface area contributed by atoms with Crippen LogP contribution < -0.4 is 5.73 Å². The van der Waals surface area contributed by atoms with Crippen LogP contribution in [-0.4, -0.2) is 4.98 Å². The van der Waals surface area contributed by atoms with E-state index in [1.165, 1.54) is 18.2 Å². The molecule has 3 rings (SSSR count). The Kier molecular flexibility index (Phi) is 2.45. The van der Waals surface area contributed by atoms with Crippen molar-refractivity contribution in [3.63, 3.8) is 0 Å². The van der Waals surface area contributed by atoms with Crippen molar-refractivity contribution in [2.24, 2.45) is 0 Å². The summed E-state index contributed by atoms with van der Waals surface area (Å²) in [6, 6.07) is 9.31. The van der Waals surface area contributed by atoms with Crippen LogP contribution in [0.25, 0.3) is 22.6 Å². The van der Waals surface area contributed by atoms with E-state index in [-0.39, 0.29) is 11.5 Å². The second kappa shape index (κ2) is 3.99. The third-order valence-electron chi connectivity index (χ3n) is 2.57. The predicted molar refractivity (Wildman–Crippen MR) is 68.8 cm³/mol. The lowest BCUT2D eigenvalue weighted by atomic mass is 10.2. The first-order valence-corrected chi connectivity index (χ1v) is 5.63. The van der Waals surface area contributed by atoms with Gasteiger partial charge in [0.25, 0.3) is 0 Å². The van der Waals surface area contributed by atoms with Gasteiger partial charge in [0, 0.05) is 16.8 Å². The van der Waals surface area contributed by atoms with E-state index in [1.807, 2.05) is 0 Å². The molecule has 0 bridgehead atoms. The molecule has 0 aliphatic heterocycles. The maximum Gasteiger partial charge on any atom is 0.230 e. The van der Waals surface area contributed by atoms with Crippen molar-refractivity contribution >= 4 is 28.4 Å². The standard InChI is InChI=1S/C13H8ClFN2O/c14-7-1-4-11-12(5-7)18-13(17-11)9-6-8(16)2-3-10(9)15/h1-6H,16H2. The first kappa shape index (κ1) is 11.0. The lowest BCUT2D eigenvalue weighted by Crippen LogP contribution is -1.89. The Bertz CT molecular complexity index is 739. The fourth-order valence-corrected chi connectivity index (χ4v) is 1.88. The number of rotatable bonds is 1. The number of nitrogens with zero attached hydrogens (tertiary/aromatic N) is 1. The molecule has 2 aromatic carbocycles. The van der Waals surface area contributed by atoms with E-state index in [1.54, 1.807) is 18.2 Å². The SMILES string of the molecule is Nc1ccc(F)c(-c2nc3ccc(Cl)cc3o2)c1. The molecule has 0 saturated carbocycles. The van der Waals surface area contributed by atoms with Gasteiger partial charge < -0.3 is 10.2 Å². The number of halogens is 2. The second-order valence-electron chi connectivity index (χ2n) is 3.87. The van der Waals surface area contributed by atoms with Crippen LogP contribution in [0.3, 0.4) is 0 Å². The van der Waals surface area contributed by atoms with Crippen molar-refractivity contribution < 1.29 is 8.81 Å². The Balaban J connectivity index is 2.22. The summed E-state index contributed by atoms with van der Waals surface area (Å²) in [5.74, 6) is -0.237. The molecule has 0 aliphatic carbocycles. The van der Waals surface area contributed by atoms with E-state index in [4.69, 9.17) is 21.8 Å². The number of nitrogens with two attached hydrogens (primary N) is 1. The van der Waals surface area contributed by atoms with E-state index in [0.717, 1.165) is 0 Å². The summed E-state index contributed by atoms with van der Waals surface area (Å²) >= 11 is 5.85. The Morgan fingerprint density at radius 1 is 1.17 bits per heavy atom.